The van der Waals surface area contributed by atoms with Crippen molar-refractivity contribution in [1.82, 2.24) is 4.98 Å². The van der Waals surface area contributed by atoms with Crippen molar-refractivity contribution in [2.75, 3.05) is 6.61 Å². The molecule has 138 valence electrons. The highest BCUT2D eigenvalue weighted by Gasteiger charge is 2.27. The lowest BCUT2D eigenvalue weighted by molar-refractivity contribution is 0.0503. The van der Waals surface area contributed by atoms with Gasteiger partial charge in [0.15, 0.2) is 0 Å². The van der Waals surface area contributed by atoms with Gasteiger partial charge in [-0.05, 0) is 48.1 Å². The van der Waals surface area contributed by atoms with Gasteiger partial charge in [-0.25, -0.2) is 9.78 Å². The number of ether oxygens (including phenoxy) is 1. The number of nitrogens with zero attached hydrogens (tertiary/aromatic N) is 2. The van der Waals surface area contributed by atoms with Crippen LogP contribution in [0.5, 0.6) is 0 Å². The van der Waals surface area contributed by atoms with Crippen molar-refractivity contribution in [3.05, 3.63) is 77.0 Å². The highest BCUT2D eigenvalue weighted by molar-refractivity contribution is 6.07. The maximum absolute atomic E-state index is 12.9. The molecule has 0 bridgehead atoms. The Hall–Kier alpha value is -3.45. The number of rotatable bonds is 5. The van der Waals surface area contributed by atoms with Crippen molar-refractivity contribution >= 4 is 28.5 Å². The molecule has 0 N–H and O–H groups in total. The molecule has 4 nitrogen and oxygen atoms in total. The fourth-order valence-corrected chi connectivity index (χ4v) is 3.65. The Morgan fingerprint density at radius 2 is 1.89 bits per heavy atom. The monoisotopic (exact) mass is 368 g/mol. The number of carbonyl (C=O) groups is 1. The Balaban J connectivity index is 1.77. The molecule has 1 aliphatic rings. The van der Waals surface area contributed by atoms with E-state index in [1.54, 1.807) is 0 Å². The summed E-state index contributed by atoms with van der Waals surface area (Å²) in [4.78, 5) is 17.8. The van der Waals surface area contributed by atoms with Gasteiger partial charge in [-0.2, -0.15) is 5.26 Å². The van der Waals surface area contributed by atoms with Crippen molar-refractivity contribution in [2.45, 2.75) is 25.7 Å². The van der Waals surface area contributed by atoms with Gasteiger partial charge >= 0.3 is 5.97 Å². The molecule has 0 fully saturated rings. The minimum Gasteiger partial charge on any atom is -0.462 e. The van der Waals surface area contributed by atoms with E-state index in [2.05, 4.69) is 24.3 Å². The third-order valence-electron chi connectivity index (χ3n) is 4.95. The van der Waals surface area contributed by atoms with E-state index in [1.807, 2.05) is 42.5 Å². The highest BCUT2D eigenvalue weighted by atomic mass is 16.5. The van der Waals surface area contributed by atoms with Crippen molar-refractivity contribution < 1.29 is 9.53 Å². The van der Waals surface area contributed by atoms with Crippen LogP contribution in [0.1, 0.15) is 46.4 Å². The number of pyridine rings is 1. The summed E-state index contributed by atoms with van der Waals surface area (Å²) in [6.07, 6.45) is 4.70. The Labute approximate surface area is 164 Å². The number of aromatic nitrogens is 1. The topological polar surface area (TPSA) is 63.0 Å². The van der Waals surface area contributed by atoms with Gasteiger partial charge in [0.2, 0.25) is 0 Å². The number of para-hydroxylation sites is 1. The molecule has 0 radical (unpaired) electrons. The first-order valence-electron chi connectivity index (χ1n) is 9.49. The summed E-state index contributed by atoms with van der Waals surface area (Å²) in [6, 6.07) is 19.9. The molecule has 0 unspecified atom stereocenters. The number of unbranched alkanes of at least 4 members (excludes halogenated alkanes) is 1. The summed E-state index contributed by atoms with van der Waals surface area (Å²) in [7, 11) is 0. The number of hydrogen-bond acceptors (Lipinski definition) is 4. The summed E-state index contributed by atoms with van der Waals surface area (Å²) in [5, 5.41) is 9.49. The number of benzene rings is 2. The van der Waals surface area contributed by atoms with Crippen molar-refractivity contribution in [1.29, 1.82) is 5.26 Å². The van der Waals surface area contributed by atoms with Gasteiger partial charge in [0, 0.05) is 11.8 Å². The molecule has 0 saturated carbocycles. The van der Waals surface area contributed by atoms with Crippen LogP contribution in [-0.4, -0.2) is 17.6 Å². The van der Waals surface area contributed by atoms with Crippen LogP contribution in [0.3, 0.4) is 0 Å². The molecule has 4 rings (SSSR count). The highest BCUT2D eigenvalue weighted by Crippen LogP contribution is 2.37. The molecular formula is C24H20N2O2. The van der Waals surface area contributed by atoms with E-state index in [4.69, 9.17) is 15.0 Å². The van der Waals surface area contributed by atoms with E-state index < -0.39 is 0 Å². The summed E-state index contributed by atoms with van der Waals surface area (Å²) < 4.78 is 5.48. The zero-order valence-electron chi connectivity index (χ0n) is 15.5. The van der Waals surface area contributed by atoms with E-state index >= 15 is 0 Å². The fraction of sp³-hybridized carbons (Fsp3) is 0.208. The summed E-state index contributed by atoms with van der Waals surface area (Å²) in [6.45, 7) is 0.254. The van der Waals surface area contributed by atoms with Crippen LogP contribution >= 0.6 is 0 Å². The van der Waals surface area contributed by atoms with Gasteiger partial charge in [-0.3, -0.25) is 0 Å². The molecule has 0 aliphatic heterocycles. The molecular weight excluding hydrogens is 348 g/mol. The van der Waals surface area contributed by atoms with Crippen LogP contribution in [0.25, 0.3) is 22.6 Å². The van der Waals surface area contributed by atoms with Crippen molar-refractivity contribution in [2.24, 2.45) is 0 Å². The lowest BCUT2D eigenvalue weighted by atomic mass is 10.0. The third-order valence-corrected chi connectivity index (χ3v) is 4.95. The van der Waals surface area contributed by atoms with Gasteiger partial charge in [0.25, 0.3) is 0 Å². The molecule has 0 amide bonds. The predicted octanol–water partition coefficient (Wildman–Crippen LogP) is 5.18. The van der Waals surface area contributed by atoms with Gasteiger partial charge in [-0.1, -0.05) is 48.5 Å². The number of esters is 1. The Kier molecular flexibility index (Phi) is 5.16. The van der Waals surface area contributed by atoms with E-state index in [-0.39, 0.29) is 12.6 Å². The molecule has 1 aromatic heterocycles. The normalized spacial score (nSPS) is 14.0. The number of carbonyl (C=O) groups excluding carboxylic acids is 1. The number of fused-ring (bicyclic) bond motifs is 2. The quantitative estimate of drug-likeness (QED) is 0.460. The Bertz CT molecular complexity index is 1090. The van der Waals surface area contributed by atoms with Crippen LogP contribution < -0.4 is 0 Å². The predicted molar refractivity (Wildman–Crippen MR) is 110 cm³/mol. The molecule has 0 atom stereocenters. The SMILES string of the molecule is N#CCCCOC(=O)c1c2c(nc3ccccc13)/C(=C/c1ccccc1)CC2. The van der Waals surface area contributed by atoms with E-state index in [0.29, 0.717) is 18.4 Å². The van der Waals surface area contributed by atoms with Crippen LogP contribution in [0.4, 0.5) is 0 Å². The van der Waals surface area contributed by atoms with Gasteiger partial charge < -0.3 is 4.74 Å². The molecule has 0 spiro atoms. The maximum atomic E-state index is 12.9. The van der Waals surface area contributed by atoms with Crippen LogP contribution in [0.2, 0.25) is 0 Å². The molecule has 1 aliphatic carbocycles. The van der Waals surface area contributed by atoms with Gasteiger partial charge in [0.1, 0.15) is 0 Å². The second kappa shape index (κ2) is 8.06. The first-order chi connectivity index (χ1) is 13.8. The average Bonchev–Trinajstić information content (AvgIpc) is 3.12. The minimum absolute atomic E-state index is 0.254. The summed E-state index contributed by atoms with van der Waals surface area (Å²) >= 11 is 0. The molecule has 0 saturated heterocycles. The lowest BCUT2D eigenvalue weighted by Gasteiger charge is -2.12. The van der Waals surface area contributed by atoms with Gasteiger partial charge in [0.05, 0.1) is 29.5 Å². The number of hydrogen-bond donors (Lipinski definition) is 0. The third kappa shape index (κ3) is 3.52. The zero-order chi connectivity index (χ0) is 19.3. The first-order valence-corrected chi connectivity index (χ1v) is 9.49. The standard InChI is InChI=1S/C24H20N2O2/c25-14-6-7-15-28-24(27)22-19-10-4-5-11-21(19)26-23-18(12-13-20(22)23)16-17-8-2-1-3-9-17/h1-5,8-11,16H,6-7,12-13,15H2/b18-16+. The zero-order valence-corrected chi connectivity index (χ0v) is 15.5. The van der Waals surface area contributed by atoms with Crippen LogP contribution in [0.15, 0.2) is 54.6 Å². The van der Waals surface area contributed by atoms with Crippen LogP contribution in [0, 0.1) is 11.3 Å². The molecule has 3 aromatic rings. The van der Waals surface area contributed by atoms with E-state index in [1.165, 1.54) is 0 Å². The molecule has 2 aromatic carbocycles. The fourth-order valence-electron chi connectivity index (χ4n) is 3.65. The molecule has 28 heavy (non-hydrogen) atoms. The smallest absolute Gasteiger partial charge is 0.339 e. The largest absolute Gasteiger partial charge is 0.462 e. The minimum atomic E-state index is -0.325. The average molecular weight is 368 g/mol. The Morgan fingerprint density at radius 3 is 2.71 bits per heavy atom. The summed E-state index contributed by atoms with van der Waals surface area (Å²) in [5.74, 6) is -0.325. The first kappa shape index (κ1) is 17.9. The van der Waals surface area contributed by atoms with Crippen molar-refractivity contribution in [3.63, 3.8) is 0 Å². The Morgan fingerprint density at radius 1 is 1.11 bits per heavy atom. The van der Waals surface area contributed by atoms with E-state index in [0.717, 1.165) is 46.1 Å². The van der Waals surface area contributed by atoms with Gasteiger partial charge in [-0.15, -0.1) is 0 Å². The maximum Gasteiger partial charge on any atom is 0.339 e. The molecule has 1 heterocycles. The van der Waals surface area contributed by atoms with E-state index in [9.17, 15) is 4.79 Å². The second-order valence-electron chi connectivity index (χ2n) is 6.81. The number of allylic oxidation sites excluding steroid dienone is 1. The summed E-state index contributed by atoms with van der Waals surface area (Å²) in [5.41, 5.74) is 5.55. The molecule has 4 heteroatoms. The second-order valence-corrected chi connectivity index (χ2v) is 6.81. The lowest BCUT2D eigenvalue weighted by Crippen LogP contribution is -2.11. The van der Waals surface area contributed by atoms with Crippen molar-refractivity contribution in [3.8, 4) is 6.07 Å². The van der Waals surface area contributed by atoms with Crippen LogP contribution in [-0.2, 0) is 11.2 Å². The number of nitriles is 1.